The lowest BCUT2D eigenvalue weighted by Gasteiger charge is -2.07. The van der Waals surface area contributed by atoms with Crippen LogP contribution < -0.4 is 14.8 Å². The first-order chi connectivity index (χ1) is 11.3. The van der Waals surface area contributed by atoms with E-state index in [0.29, 0.717) is 23.6 Å². The van der Waals surface area contributed by atoms with Crippen LogP contribution in [0.1, 0.15) is 5.56 Å². The summed E-state index contributed by atoms with van der Waals surface area (Å²) in [6.45, 7) is 0.226. The number of benzene rings is 3. The molecule has 0 aromatic heterocycles. The molecule has 0 bridgehead atoms. The number of carbonyl (C=O) groups is 1. The van der Waals surface area contributed by atoms with E-state index in [-0.39, 0.29) is 12.7 Å². The highest BCUT2D eigenvalue weighted by molar-refractivity contribution is 5.93. The largest absolute Gasteiger partial charge is 0.454 e. The van der Waals surface area contributed by atoms with Crippen molar-refractivity contribution in [2.45, 2.75) is 6.42 Å². The molecular formula is C19H15NO3. The molecule has 1 N–H and O–H groups in total. The SMILES string of the molecule is O=C(Cc1ccc2ccccc2c1)Nc1ccc2c(c1)OCO2. The fourth-order valence-electron chi connectivity index (χ4n) is 2.71. The lowest BCUT2D eigenvalue weighted by atomic mass is 10.0. The third kappa shape index (κ3) is 2.83. The maximum atomic E-state index is 12.2. The second kappa shape index (κ2) is 5.65. The summed E-state index contributed by atoms with van der Waals surface area (Å²) in [4.78, 5) is 12.2. The summed E-state index contributed by atoms with van der Waals surface area (Å²) in [7, 11) is 0. The van der Waals surface area contributed by atoms with Crippen molar-refractivity contribution in [2.24, 2.45) is 0 Å². The van der Waals surface area contributed by atoms with Gasteiger partial charge in [-0.15, -0.1) is 0 Å². The van der Waals surface area contributed by atoms with E-state index in [4.69, 9.17) is 9.47 Å². The summed E-state index contributed by atoms with van der Waals surface area (Å²) in [5, 5.41) is 5.21. The average molecular weight is 305 g/mol. The Hall–Kier alpha value is -3.01. The highest BCUT2D eigenvalue weighted by Crippen LogP contribution is 2.34. The van der Waals surface area contributed by atoms with Gasteiger partial charge in [-0.2, -0.15) is 0 Å². The van der Waals surface area contributed by atoms with E-state index in [1.165, 1.54) is 5.39 Å². The van der Waals surface area contributed by atoms with E-state index in [1.807, 2.05) is 30.3 Å². The maximum Gasteiger partial charge on any atom is 0.231 e. The van der Waals surface area contributed by atoms with Gasteiger partial charge in [0.25, 0.3) is 0 Å². The van der Waals surface area contributed by atoms with Crippen LogP contribution in [0.3, 0.4) is 0 Å². The number of anilines is 1. The first-order valence-electron chi connectivity index (χ1n) is 7.45. The van der Waals surface area contributed by atoms with Gasteiger partial charge in [-0.1, -0.05) is 42.5 Å². The van der Waals surface area contributed by atoms with Crippen molar-refractivity contribution in [1.82, 2.24) is 0 Å². The number of carbonyl (C=O) groups excluding carboxylic acids is 1. The zero-order chi connectivity index (χ0) is 15.6. The molecule has 1 aliphatic heterocycles. The molecule has 0 radical (unpaired) electrons. The number of amides is 1. The Kier molecular flexibility index (Phi) is 3.35. The number of nitrogens with one attached hydrogen (secondary N) is 1. The Bertz CT molecular complexity index is 889. The molecule has 4 rings (SSSR count). The Morgan fingerprint density at radius 1 is 0.913 bits per heavy atom. The molecule has 4 heteroatoms. The lowest BCUT2D eigenvalue weighted by molar-refractivity contribution is -0.115. The molecule has 23 heavy (non-hydrogen) atoms. The van der Waals surface area contributed by atoms with Crippen LogP contribution in [0.4, 0.5) is 5.69 Å². The van der Waals surface area contributed by atoms with Crippen LogP contribution in [0.5, 0.6) is 11.5 Å². The topological polar surface area (TPSA) is 47.6 Å². The zero-order valence-corrected chi connectivity index (χ0v) is 12.4. The molecule has 0 saturated carbocycles. The molecule has 0 fully saturated rings. The fourth-order valence-corrected chi connectivity index (χ4v) is 2.71. The molecule has 3 aromatic carbocycles. The molecule has 1 amide bonds. The standard InChI is InChI=1S/C19H15NO3/c21-19(20-16-7-8-17-18(11-16)23-12-22-17)10-13-5-6-14-3-1-2-4-15(14)9-13/h1-9,11H,10,12H2,(H,20,21). The lowest BCUT2D eigenvalue weighted by Crippen LogP contribution is -2.14. The molecule has 0 aliphatic carbocycles. The number of rotatable bonds is 3. The van der Waals surface area contributed by atoms with Crippen LogP contribution in [0.25, 0.3) is 10.8 Å². The molecule has 3 aromatic rings. The minimum atomic E-state index is -0.0563. The predicted molar refractivity (Wildman–Crippen MR) is 88.8 cm³/mol. The van der Waals surface area contributed by atoms with Crippen LogP contribution in [0.15, 0.2) is 60.7 Å². The fraction of sp³-hybridized carbons (Fsp3) is 0.105. The number of hydrogen-bond acceptors (Lipinski definition) is 3. The highest BCUT2D eigenvalue weighted by Gasteiger charge is 2.14. The summed E-state index contributed by atoms with van der Waals surface area (Å²) >= 11 is 0. The van der Waals surface area contributed by atoms with Gasteiger partial charge in [-0.25, -0.2) is 0 Å². The van der Waals surface area contributed by atoms with Crippen molar-refractivity contribution in [1.29, 1.82) is 0 Å². The van der Waals surface area contributed by atoms with E-state index < -0.39 is 0 Å². The molecule has 114 valence electrons. The van der Waals surface area contributed by atoms with Gasteiger partial charge in [0.2, 0.25) is 12.7 Å². The molecule has 0 saturated heterocycles. The Morgan fingerprint density at radius 2 is 1.74 bits per heavy atom. The van der Waals surface area contributed by atoms with Crippen molar-refractivity contribution < 1.29 is 14.3 Å². The molecule has 0 atom stereocenters. The summed E-state index contributed by atoms with van der Waals surface area (Å²) < 4.78 is 10.6. The Labute approximate surface area is 133 Å². The highest BCUT2D eigenvalue weighted by atomic mass is 16.7. The molecule has 0 unspecified atom stereocenters. The second-order valence-electron chi connectivity index (χ2n) is 5.47. The molecule has 1 aliphatic rings. The second-order valence-corrected chi connectivity index (χ2v) is 5.47. The van der Waals surface area contributed by atoms with Gasteiger partial charge in [0.15, 0.2) is 11.5 Å². The quantitative estimate of drug-likeness (QED) is 0.801. The normalized spacial score (nSPS) is 12.3. The van der Waals surface area contributed by atoms with E-state index >= 15 is 0 Å². The molecule has 1 heterocycles. The van der Waals surface area contributed by atoms with Crippen LogP contribution in [-0.4, -0.2) is 12.7 Å². The Balaban J connectivity index is 1.48. The van der Waals surface area contributed by atoms with Gasteiger partial charge in [0.1, 0.15) is 0 Å². The summed E-state index contributed by atoms with van der Waals surface area (Å²) in [5.74, 6) is 1.31. The molecular weight excluding hydrogens is 290 g/mol. The van der Waals surface area contributed by atoms with Crippen molar-refractivity contribution in [3.63, 3.8) is 0 Å². The minimum Gasteiger partial charge on any atom is -0.454 e. The number of ether oxygens (including phenoxy) is 2. The smallest absolute Gasteiger partial charge is 0.231 e. The summed E-state index contributed by atoms with van der Waals surface area (Å²) in [5.41, 5.74) is 1.70. The van der Waals surface area contributed by atoms with Crippen molar-refractivity contribution in [3.05, 3.63) is 66.2 Å². The van der Waals surface area contributed by atoms with Crippen molar-refractivity contribution in [3.8, 4) is 11.5 Å². The van der Waals surface area contributed by atoms with Gasteiger partial charge in [-0.05, 0) is 28.5 Å². The van der Waals surface area contributed by atoms with Crippen molar-refractivity contribution >= 4 is 22.4 Å². The van der Waals surface area contributed by atoms with Crippen molar-refractivity contribution in [2.75, 3.05) is 12.1 Å². The van der Waals surface area contributed by atoms with E-state index in [2.05, 4.69) is 23.5 Å². The van der Waals surface area contributed by atoms with E-state index in [1.54, 1.807) is 12.1 Å². The predicted octanol–water partition coefficient (Wildman–Crippen LogP) is 3.75. The van der Waals surface area contributed by atoms with Gasteiger partial charge in [0.05, 0.1) is 6.42 Å². The van der Waals surface area contributed by atoms with Crippen LogP contribution in [0, 0.1) is 0 Å². The van der Waals surface area contributed by atoms with E-state index in [0.717, 1.165) is 10.9 Å². The van der Waals surface area contributed by atoms with Gasteiger partial charge >= 0.3 is 0 Å². The third-order valence-corrected chi connectivity index (χ3v) is 3.83. The zero-order valence-electron chi connectivity index (χ0n) is 12.4. The first kappa shape index (κ1) is 13.6. The van der Waals surface area contributed by atoms with Crippen LogP contribution in [0.2, 0.25) is 0 Å². The first-order valence-corrected chi connectivity index (χ1v) is 7.45. The van der Waals surface area contributed by atoms with Gasteiger partial charge in [0, 0.05) is 11.8 Å². The number of fused-ring (bicyclic) bond motifs is 2. The molecule has 0 spiro atoms. The van der Waals surface area contributed by atoms with Crippen LogP contribution >= 0.6 is 0 Å². The van der Waals surface area contributed by atoms with Gasteiger partial charge in [-0.3, -0.25) is 4.79 Å². The Morgan fingerprint density at radius 3 is 2.65 bits per heavy atom. The third-order valence-electron chi connectivity index (χ3n) is 3.83. The van der Waals surface area contributed by atoms with Crippen LogP contribution in [-0.2, 0) is 11.2 Å². The number of hydrogen-bond donors (Lipinski definition) is 1. The monoisotopic (exact) mass is 305 g/mol. The van der Waals surface area contributed by atoms with Gasteiger partial charge < -0.3 is 14.8 Å². The maximum absolute atomic E-state index is 12.2. The summed E-state index contributed by atoms with van der Waals surface area (Å²) in [6, 6.07) is 19.6. The summed E-state index contributed by atoms with van der Waals surface area (Å²) in [6.07, 6.45) is 0.333. The average Bonchev–Trinajstić information content (AvgIpc) is 3.02. The van der Waals surface area contributed by atoms with E-state index in [9.17, 15) is 4.79 Å². The minimum absolute atomic E-state index is 0.0563. The molecule has 4 nitrogen and oxygen atoms in total.